The topological polar surface area (TPSA) is 149 Å². The summed E-state index contributed by atoms with van der Waals surface area (Å²) in [5, 5.41) is 23.7. The van der Waals surface area contributed by atoms with Crippen molar-refractivity contribution in [3.05, 3.63) is 23.8 Å². The molecule has 0 aliphatic heterocycles. The SMILES string of the molecule is COCCCOc1cc(C[C@H](C[C@@H](N)[C@H](O)C[C@H](C(=O)NCC(C)(C)C(N)O)C(C)C)C(C)C)ccc1OC. The van der Waals surface area contributed by atoms with Crippen LogP contribution in [0.15, 0.2) is 18.2 Å². The van der Waals surface area contributed by atoms with Crippen LogP contribution >= 0.6 is 0 Å². The Hall–Kier alpha value is -1.91. The number of nitrogens with one attached hydrogen (secondary N) is 1. The first kappa shape index (κ1) is 35.1. The van der Waals surface area contributed by atoms with Gasteiger partial charge in [0.2, 0.25) is 5.91 Å². The molecular weight excluding hydrogens is 498 g/mol. The van der Waals surface area contributed by atoms with Crippen molar-refractivity contribution in [1.82, 2.24) is 5.32 Å². The van der Waals surface area contributed by atoms with E-state index < -0.39 is 29.7 Å². The molecule has 0 saturated carbocycles. The summed E-state index contributed by atoms with van der Waals surface area (Å²) >= 11 is 0. The summed E-state index contributed by atoms with van der Waals surface area (Å²) in [6.45, 7) is 13.2. The molecular formula is C30H55N3O6. The van der Waals surface area contributed by atoms with Crippen LogP contribution in [0.4, 0.5) is 0 Å². The third-order valence-corrected chi connectivity index (χ3v) is 7.64. The van der Waals surface area contributed by atoms with Gasteiger partial charge in [-0.05, 0) is 54.7 Å². The normalized spacial score (nSPS) is 16.1. The van der Waals surface area contributed by atoms with E-state index in [9.17, 15) is 15.0 Å². The summed E-state index contributed by atoms with van der Waals surface area (Å²) in [5.74, 6) is 1.39. The van der Waals surface area contributed by atoms with E-state index in [0.717, 1.165) is 18.4 Å². The van der Waals surface area contributed by atoms with Gasteiger partial charge in [0.15, 0.2) is 11.5 Å². The molecule has 7 N–H and O–H groups in total. The average Bonchev–Trinajstić information content (AvgIpc) is 2.87. The zero-order valence-electron chi connectivity index (χ0n) is 25.4. The highest BCUT2D eigenvalue weighted by atomic mass is 16.5. The number of hydrogen-bond donors (Lipinski definition) is 5. The average molecular weight is 554 g/mol. The Bertz CT molecular complexity index is 846. The van der Waals surface area contributed by atoms with E-state index in [1.165, 1.54) is 0 Å². The van der Waals surface area contributed by atoms with Gasteiger partial charge in [-0.2, -0.15) is 0 Å². The lowest BCUT2D eigenvalue weighted by molar-refractivity contribution is -0.128. The molecule has 0 aliphatic carbocycles. The van der Waals surface area contributed by atoms with E-state index in [0.29, 0.717) is 37.1 Å². The molecule has 0 radical (unpaired) electrons. The zero-order chi connectivity index (χ0) is 29.8. The molecule has 0 bridgehead atoms. The number of nitrogens with two attached hydrogens (primary N) is 2. The first-order valence-corrected chi connectivity index (χ1v) is 14.2. The van der Waals surface area contributed by atoms with Crippen LogP contribution in [0, 0.1) is 29.1 Å². The number of rotatable bonds is 19. The summed E-state index contributed by atoms with van der Waals surface area (Å²) in [6.07, 6.45) is 0.574. The Balaban J connectivity index is 2.86. The molecule has 9 heteroatoms. The number of carbonyl (C=O) groups excluding carboxylic acids is 1. The molecule has 39 heavy (non-hydrogen) atoms. The zero-order valence-corrected chi connectivity index (χ0v) is 25.4. The standard InChI is InChI=1S/C30H55N3O6/c1-19(2)22(14-21-10-11-26(38-8)27(15-21)39-13-9-12-37-7)16-24(31)25(34)17-23(20(3)4)28(35)33-18-30(5,6)29(32)36/h10-11,15,19-20,22-25,29,34,36H,9,12-14,16-18,31-32H2,1-8H3,(H,33,35)/t22-,23+,24-,25-,29?/m1/s1. The maximum atomic E-state index is 13.0. The molecule has 1 amide bonds. The van der Waals surface area contributed by atoms with Crippen molar-refractivity contribution in [1.29, 1.82) is 0 Å². The summed E-state index contributed by atoms with van der Waals surface area (Å²) in [7, 11) is 3.30. The quantitative estimate of drug-likeness (QED) is 0.130. The van der Waals surface area contributed by atoms with Gasteiger partial charge in [-0.15, -0.1) is 0 Å². The summed E-state index contributed by atoms with van der Waals surface area (Å²) in [4.78, 5) is 13.0. The monoisotopic (exact) mass is 553 g/mol. The lowest BCUT2D eigenvalue weighted by Gasteiger charge is -2.31. The number of benzene rings is 1. The second kappa shape index (κ2) is 17.0. The van der Waals surface area contributed by atoms with Crippen LogP contribution in [0.2, 0.25) is 0 Å². The van der Waals surface area contributed by atoms with Gasteiger partial charge in [0.05, 0.1) is 19.8 Å². The highest BCUT2D eigenvalue weighted by molar-refractivity contribution is 5.79. The minimum Gasteiger partial charge on any atom is -0.493 e. The molecule has 0 aromatic heterocycles. The van der Waals surface area contributed by atoms with Crippen LogP contribution in [-0.4, -0.2) is 68.5 Å². The number of hydrogen-bond acceptors (Lipinski definition) is 8. The van der Waals surface area contributed by atoms with Crippen molar-refractivity contribution in [2.45, 2.75) is 85.6 Å². The number of methoxy groups -OCH3 is 2. The van der Waals surface area contributed by atoms with E-state index in [4.69, 9.17) is 25.7 Å². The van der Waals surface area contributed by atoms with Gasteiger partial charge >= 0.3 is 0 Å². The second-order valence-corrected chi connectivity index (χ2v) is 12.1. The van der Waals surface area contributed by atoms with Crippen molar-refractivity contribution in [2.75, 3.05) is 34.0 Å². The molecule has 0 spiro atoms. The summed E-state index contributed by atoms with van der Waals surface area (Å²) in [6, 6.07) is 5.50. The number of aliphatic hydroxyl groups excluding tert-OH is 2. The lowest BCUT2D eigenvalue weighted by Crippen LogP contribution is -2.48. The summed E-state index contributed by atoms with van der Waals surface area (Å²) < 4.78 is 16.5. The fraction of sp³-hybridized carbons (Fsp3) is 0.767. The lowest BCUT2D eigenvalue weighted by atomic mass is 9.80. The van der Waals surface area contributed by atoms with Crippen molar-refractivity contribution < 1.29 is 29.2 Å². The molecule has 1 aromatic rings. The fourth-order valence-electron chi connectivity index (χ4n) is 4.41. The molecule has 1 rings (SSSR count). The third-order valence-electron chi connectivity index (χ3n) is 7.64. The Morgan fingerprint density at radius 1 is 1.00 bits per heavy atom. The van der Waals surface area contributed by atoms with Crippen LogP contribution in [-0.2, 0) is 16.0 Å². The smallest absolute Gasteiger partial charge is 0.223 e. The first-order chi connectivity index (χ1) is 18.2. The van der Waals surface area contributed by atoms with Crippen molar-refractivity contribution in [3.8, 4) is 11.5 Å². The second-order valence-electron chi connectivity index (χ2n) is 12.1. The first-order valence-electron chi connectivity index (χ1n) is 14.2. The Kier molecular flexibility index (Phi) is 15.3. The van der Waals surface area contributed by atoms with Gasteiger partial charge in [-0.3, -0.25) is 4.79 Å². The van der Waals surface area contributed by atoms with E-state index >= 15 is 0 Å². The fourth-order valence-corrected chi connectivity index (χ4v) is 4.41. The molecule has 1 aromatic carbocycles. The number of ether oxygens (including phenoxy) is 3. The molecule has 226 valence electrons. The Morgan fingerprint density at radius 3 is 2.21 bits per heavy atom. The molecule has 1 unspecified atom stereocenters. The van der Waals surface area contributed by atoms with E-state index in [-0.39, 0.29) is 30.7 Å². The maximum absolute atomic E-state index is 13.0. The van der Waals surface area contributed by atoms with E-state index in [1.54, 1.807) is 28.1 Å². The van der Waals surface area contributed by atoms with E-state index in [1.807, 2.05) is 32.0 Å². The van der Waals surface area contributed by atoms with Crippen molar-refractivity contribution in [3.63, 3.8) is 0 Å². The van der Waals surface area contributed by atoms with Crippen LogP contribution in [0.3, 0.4) is 0 Å². The predicted octanol–water partition coefficient (Wildman–Crippen LogP) is 3.09. The minimum atomic E-state index is -1.05. The van der Waals surface area contributed by atoms with Crippen molar-refractivity contribution >= 4 is 5.91 Å². The number of aliphatic hydroxyl groups is 2. The summed E-state index contributed by atoms with van der Waals surface area (Å²) in [5.41, 5.74) is 12.6. The number of amides is 1. The third kappa shape index (κ3) is 12.0. The molecule has 9 nitrogen and oxygen atoms in total. The van der Waals surface area contributed by atoms with Gasteiger partial charge in [0.25, 0.3) is 0 Å². The van der Waals surface area contributed by atoms with Crippen LogP contribution in [0.1, 0.15) is 66.4 Å². The molecule has 5 atom stereocenters. The molecule has 0 fully saturated rings. The highest BCUT2D eigenvalue weighted by Gasteiger charge is 2.32. The van der Waals surface area contributed by atoms with Gasteiger partial charge < -0.3 is 41.2 Å². The number of carbonyl (C=O) groups is 1. The Labute approximate surface area is 236 Å². The molecule has 0 aliphatic rings. The van der Waals surface area contributed by atoms with Gasteiger partial charge in [-0.1, -0.05) is 47.6 Å². The Morgan fingerprint density at radius 2 is 1.67 bits per heavy atom. The predicted molar refractivity (Wildman–Crippen MR) is 156 cm³/mol. The maximum Gasteiger partial charge on any atom is 0.223 e. The minimum absolute atomic E-state index is 0.0141. The van der Waals surface area contributed by atoms with Crippen LogP contribution in [0.25, 0.3) is 0 Å². The largest absolute Gasteiger partial charge is 0.493 e. The molecule has 0 saturated heterocycles. The van der Waals surface area contributed by atoms with Gasteiger partial charge in [0.1, 0.15) is 6.23 Å². The van der Waals surface area contributed by atoms with Gasteiger partial charge in [0, 0.05) is 44.1 Å². The van der Waals surface area contributed by atoms with Crippen LogP contribution in [0.5, 0.6) is 11.5 Å². The van der Waals surface area contributed by atoms with Gasteiger partial charge in [-0.25, -0.2) is 0 Å². The highest BCUT2D eigenvalue weighted by Crippen LogP contribution is 2.32. The van der Waals surface area contributed by atoms with Crippen LogP contribution < -0.4 is 26.3 Å². The van der Waals surface area contributed by atoms with Crippen molar-refractivity contribution in [2.24, 2.45) is 40.6 Å². The van der Waals surface area contributed by atoms with E-state index in [2.05, 4.69) is 19.2 Å². The molecule has 0 heterocycles.